The van der Waals surface area contributed by atoms with Gasteiger partial charge in [0.05, 0.1) is 23.7 Å². The molecule has 0 heterocycles. The van der Waals surface area contributed by atoms with Crippen molar-refractivity contribution in [2.45, 2.75) is 17.9 Å². The van der Waals surface area contributed by atoms with Gasteiger partial charge in [-0.2, -0.15) is 0 Å². The summed E-state index contributed by atoms with van der Waals surface area (Å²) in [5, 5.41) is 0.564. The topological polar surface area (TPSA) is 46.6 Å². The highest BCUT2D eigenvalue weighted by Crippen LogP contribution is 2.34. The number of hydrogen-bond donors (Lipinski definition) is 0. The first-order chi connectivity index (χ1) is 12.9. The van der Waals surface area contributed by atoms with Crippen molar-refractivity contribution in [1.82, 2.24) is 0 Å². The third-order valence-corrected chi connectivity index (χ3v) is 6.46. The van der Waals surface area contributed by atoms with Crippen molar-refractivity contribution >= 4 is 27.3 Å². The van der Waals surface area contributed by atoms with Crippen molar-refractivity contribution in [3.05, 3.63) is 89.4 Å². The molecule has 3 aromatic rings. The van der Waals surface area contributed by atoms with Gasteiger partial charge in [0.25, 0.3) is 10.0 Å². The lowest BCUT2D eigenvalue weighted by atomic mass is 10.1. The van der Waals surface area contributed by atoms with Crippen molar-refractivity contribution in [3.8, 4) is 5.75 Å². The molecule has 0 spiro atoms. The van der Waals surface area contributed by atoms with E-state index < -0.39 is 16.1 Å². The molecule has 140 valence electrons. The average Bonchev–Trinajstić information content (AvgIpc) is 2.69. The van der Waals surface area contributed by atoms with E-state index in [1.165, 1.54) is 4.31 Å². The molecule has 0 bridgehead atoms. The number of rotatable bonds is 6. The second-order valence-electron chi connectivity index (χ2n) is 6.04. The second kappa shape index (κ2) is 8.03. The standard InChI is InChI=1S/C21H20ClNO3S/c1-16(17-7-6-8-18(22)15-17)23(19-9-4-3-5-10-19)27(24,25)21-13-11-20(26-2)12-14-21/h3-16H,1-2H3/t16-/m1/s1. The van der Waals surface area contributed by atoms with E-state index in [0.29, 0.717) is 16.5 Å². The Morgan fingerprint density at radius 3 is 2.19 bits per heavy atom. The summed E-state index contributed by atoms with van der Waals surface area (Å²) in [6.07, 6.45) is 0. The Kier molecular flexibility index (Phi) is 5.73. The molecule has 0 saturated heterocycles. The summed E-state index contributed by atoms with van der Waals surface area (Å²) in [6.45, 7) is 1.85. The number of sulfonamides is 1. The minimum atomic E-state index is -3.80. The lowest BCUT2D eigenvalue weighted by Crippen LogP contribution is -2.33. The van der Waals surface area contributed by atoms with E-state index in [2.05, 4.69) is 0 Å². The van der Waals surface area contributed by atoms with Crippen molar-refractivity contribution in [1.29, 1.82) is 0 Å². The number of methoxy groups -OCH3 is 1. The Labute approximate surface area is 165 Å². The fourth-order valence-electron chi connectivity index (χ4n) is 2.91. The molecule has 1 atom stereocenters. The molecule has 0 aliphatic rings. The van der Waals surface area contributed by atoms with Crippen molar-refractivity contribution < 1.29 is 13.2 Å². The molecule has 3 aromatic carbocycles. The molecule has 0 amide bonds. The van der Waals surface area contributed by atoms with E-state index in [4.69, 9.17) is 16.3 Å². The van der Waals surface area contributed by atoms with Crippen LogP contribution in [-0.2, 0) is 10.0 Å². The van der Waals surface area contributed by atoms with Crippen LogP contribution in [0.2, 0.25) is 5.02 Å². The van der Waals surface area contributed by atoms with Crippen molar-refractivity contribution in [2.24, 2.45) is 0 Å². The summed E-state index contributed by atoms with van der Waals surface area (Å²) in [4.78, 5) is 0.195. The van der Waals surface area contributed by atoms with Crippen LogP contribution < -0.4 is 9.04 Å². The highest BCUT2D eigenvalue weighted by Gasteiger charge is 2.30. The van der Waals surface area contributed by atoms with E-state index in [1.54, 1.807) is 55.6 Å². The number of hydrogen-bond acceptors (Lipinski definition) is 3. The van der Waals surface area contributed by atoms with Crippen LogP contribution in [0.3, 0.4) is 0 Å². The van der Waals surface area contributed by atoms with Crippen LogP contribution in [0.1, 0.15) is 18.5 Å². The summed E-state index contributed by atoms with van der Waals surface area (Å²) < 4.78 is 33.5. The smallest absolute Gasteiger partial charge is 0.264 e. The highest BCUT2D eigenvalue weighted by molar-refractivity contribution is 7.92. The van der Waals surface area contributed by atoms with E-state index >= 15 is 0 Å². The van der Waals surface area contributed by atoms with Crippen LogP contribution in [0.4, 0.5) is 5.69 Å². The zero-order valence-electron chi connectivity index (χ0n) is 15.0. The maximum absolute atomic E-state index is 13.5. The molecule has 27 heavy (non-hydrogen) atoms. The van der Waals surface area contributed by atoms with Crippen LogP contribution in [0.5, 0.6) is 5.75 Å². The van der Waals surface area contributed by atoms with Crippen LogP contribution in [-0.4, -0.2) is 15.5 Å². The summed E-state index contributed by atoms with van der Waals surface area (Å²) in [7, 11) is -2.26. The molecule has 0 aliphatic carbocycles. The second-order valence-corrected chi connectivity index (χ2v) is 8.29. The van der Waals surface area contributed by atoms with Gasteiger partial charge in [0.2, 0.25) is 0 Å². The maximum atomic E-state index is 13.5. The molecule has 6 heteroatoms. The van der Waals surface area contributed by atoms with E-state index in [1.807, 2.05) is 37.3 Å². The fraction of sp³-hybridized carbons (Fsp3) is 0.143. The molecule has 3 rings (SSSR count). The van der Waals surface area contributed by atoms with Gasteiger partial charge in [-0.1, -0.05) is 41.9 Å². The van der Waals surface area contributed by atoms with E-state index in [9.17, 15) is 8.42 Å². The van der Waals surface area contributed by atoms with Gasteiger partial charge in [-0.25, -0.2) is 8.42 Å². The van der Waals surface area contributed by atoms with Gasteiger partial charge in [0.15, 0.2) is 0 Å². The first kappa shape index (κ1) is 19.3. The lowest BCUT2D eigenvalue weighted by molar-refractivity contribution is 0.414. The quantitative estimate of drug-likeness (QED) is 0.562. The summed E-state index contributed by atoms with van der Waals surface area (Å²) in [5.41, 5.74) is 1.39. The molecular formula is C21H20ClNO3S. The SMILES string of the molecule is COc1ccc(S(=O)(=O)N(c2ccccc2)[C@H](C)c2cccc(Cl)c2)cc1. The van der Waals surface area contributed by atoms with Crippen molar-refractivity contribution in [2.75, 3.05) is 11.4 Å². The first-order valence-corrected chi connectivity index (χ1v) is 10.2. The third kappa shape index (κ3) is 4.10. The van der Waals surface area contributed by atoms with Gasteiger partial charge in [-0.15, -0.1) is 0 Å². The number of nitrogens with zero attached hydrogens (tertiary/aromatic N) is 1. The predicted molar refractivity (Wildman–Crippen MR) is 109 cm³/mol. The number of benzene rings is 3. The lowest BCUT2D eigenvalue weighted by Gasteiger charge is -2.31. The van der Waals surface area contributed by atoms with E-state index in [0.717, 1.165) is 5.56 Å². The Bertz CT molecular complexity index is 1010. The molecule has 0 aromatic heterocycles. The molecule has 0 fully saturated rings. The predicted octanol–water partition coefficient (Wildman–Crippen LogP) is 5.31. The number of halogens is 1. The fourth-order valence-corrected chi connectivity index (χ4v) is 4.75. The Hall–Kier alpha value is -2.50. The molecule has 4 nitrogen and oxygen atoms in total. The van der Waals surface area contributed by atoms with Crippen molar-refractivity contribution in [3.63, 3.8) is 0 Å². The van der Waals surface area contributed by atoms with Crippen LogP contribution in [0.15, 0.2) is 83.8 Å². The highest BCUT2D eigenvalue weighted by atomic mass is 35.5. The average molecular weight is 402 g/mol. The molecular weight excluding hydrogens is 382 g/mol. The van der Waals surface area contributed by atoms with Gasteiger partial charge in [0.1, 0.15) is 5.75 Å². The largest absolute Gasteiger partial charge is 0.497 e. The Balaban J connectivity index is 2.11. The molecule has 0 aliphatic heterocycles. The van der Waals surface area contributed by atoms with Gasteiger partial charge in [-0.3, -0.25) is 4.31 Å². The van der Waals surface area contributed by atoms with E-state index in [-0.39, 0.29) is 4.90 Å². The van der Waals surface area contributed by atoms with Gasteiger partial charge in [0, 0.05) is 5.02 Å². The number of para-hydroxylation sites is 1. The van der Waals surface area contributed by atoms with Gasteiger partial charge in [-0.05, 0) is 61.0 Å². The molecule has 0 N–H and O–H groups in total. The Morgan fingerprint density at radius 1 is 0.926 bits per heavy atom. The minimum Gasteiger partial charge on any atom is -0.497 e. The number of anilines is 1. The summed E-state index contributed by atoms with van der Waals surface area (Å²) in [5.74, 6) is 0.600. The normalized spacial score (nSPS) is 12.4. The monoisotopic (exact) mass is 401 g/mol. The minimum absolute atomic E-state index is 0.195. The summed E-state index contributed by atoms with van der Waals surface area (Å²) >= 11 is 6.12. The van der Waals surface area contributed by atoms with Gasteiger partial charge < -0.3 is 4.74 Å². The third-order valence-electron chi connectivity index (χ3n) is 4.31. The van der Waals surface area contributed by atoms with Crippen LogP contribution in [0, 0.1) is 0 Å². The zero-order valence-corrected chi connectivity index (χ0v) is 16.6. The maximum Gasteiger partial charge on any atom is 0.264 e. The number of ether oxygens (including phenoxy) is 1. The molecule has 0 unspecified atom stereocenters. The van der Waals surface area contributed by atoms with Crippen LogP contribution in [0.25, 0.3) is 0 Å². The first-order valence-electron chi connectivity index (χ1n) is 8.42. The van der Waals surface area contributed by atoms with Gasteiger partial charge >= 0.3 is 0 Å². The molecule has 0 saturated carbocycles. The van der Waals surface area contributed by atoms with Crippen LogP contribution >= 0.6 is 11.6 Å². The zero-order chi connectivity index (χ0) is 19.4. The molecule has 0 radical (unpaired) electrons. The summed E-state index contributed by atoms with van der Waals surface area (Å²) in [6, 6.07) is 22.2. The Morgan fingerprint density at radius 2 is 1.59 bits per heavy atom.